The first-order valence-electron chi connectivity index (χ1n) is 10.7. The Morgan fingerprint density at radius 1 is 1.24 bits per heavy atom. The van der Waals surface area contributed by atoms with Gasteiger partial charge in [0.2, 0.25) is 5.91 Å². The number of hydrogen-bond acceptors (Lipinski definition) is 6. The molecule has 3 aromatic rings. The van der Waals surface area contributed by atoms with E-state index in [9.17, 15) is 23.1 Å². The highest BCUT2D eigenvalue weighted by atomic mass is 32.1. The number of rotatable bonds is 5. The first-order chi connectivity index (χ1) is 15.7. The summed E-state index contributed by atoms with van der Waals surface area (Å²) in [5, 5.41) is 14.0. The van der Waals surface area contributed by atoms with Gasteiger partial charge in [-0.05, 0) is 43.9 Å². The number of aliphatic hydroxyl groups excluding tert-OH is 1. The van der Waals surface area contributed by atoms with Gasteiger partial charge < -0.3 is 15.3 Å². The van der Waals surface area contributed by atoms with Gasteiger partial charge in [0, 0.05) is 30.4 Å². The molecule has 1 aromatic carbocycles. The van der Waals surface area contributed by atoms with Gasteiger partial charge >= 0.3 is 6.18 Å². The van der Waals surface area contributed by atoms with Crippen molar-refractivity contribution in [1.82, 2.24) is 15.3 Å². The lowest BCUT2D eigenvalue weighted by molar-refractivity contribution is -0.139. The lowest BCUT2D eigenvalue weighted by atomic mass is 9.95. The molecule has 0 radical (unpaired) electrons. The van der Waals surface area contributed by atoms with Crippen molar-refractivity contribution in [2.24, 2.45) is 5.92 Å². The molecule has 1 saturated heterocycles. The molecular formula is C23H25F3N4O2S. The van der Waals surface area contributed by atoms with Crippen LogP contribution in [0.3, 0.4) is 0 Å². The Bertz CT molecular complexity index is 1160. The molecule has 0 spiro atoms. The Balaban J connectivity index is 1.36. The monoisotopic (exact) mass is 478 g/mol. The van der Waals surface area contributed by atoms with E-state index >= 15 is 0 Å². The van der Waals surface area contributed by atoms with E-state index < -0.39 is 17.8 Å². The molecule has 0 bridgehead atoms. The lowest BCUT2D eigenvalue weighted by Gasteiger charge is -2.32. The molecule has 176 valence electrons. The predicted octanol–water partition coefficient (Wildman–Crippen LogP) is 4.39. The third-order valence-electron chi connectivity index (χ3n) is 6.21. The van der Waals surface area contributed by atoms with E-state index in [2.05, 4.69) is 34.0 Å². The fourth-order valence-corrected chi connectivity index (χ4v) is 5.25. The minimum atomic E-state index is -4.57. The summed E-state index contributed by atoms with van der Waals surface area (Å²) >= 11 is 1.64. The minimum absolute atomic E-state index is 0.241. The van der Waals surface area contributed by atoms with Gasteiger partial charge in [-0.25, -0.2) is 9.97 Å². The van der Waals surface area contributed by atoms with Crippen molar-refractivity contribution in [2.45, 2.75) is 39.0 Å². The molecule has 1 aliphatic rings. The normalized spacial score (nSPS) is 16.2. The van der Waals surface area contributed by atoms with Crippen LogP contribution in [0, 0.1) is 19.8 Å². The fraction of sp³-hybridized carbons (Fsp3) is 0.435. The number of hydrogen-bond donors (Lipinski definition) is 2. The molecule has 33 heavy (non-hydrogen) atoms. The molecule has 0 saturated carbocycles. The number of anilines is 1. The number of piperidine rings is 1. The molecule has 0 aliphatic carbocycles. The Hall–Kier alpha value is -2.72. The first kappa shape index (κ1) is 23.4. The summed E-state index contributed by atoms with van der Waals surface area (Å²) in [7, 11) is 0. The second kappa shape index (κ2) is 9.26. The molecule has 6 nitrogen and oxygen atoms in total. The molecule has 2 aromatic heterocycles. The van der Waals surface area contributed by atoms with Gasteiger partial charge in [0.25, 0.3) is 0 Å². The summed E-state index contributed by atoms with van der Waals surface area (Å²) < 4.78 is 39.6. The molecule has 1 unspecified atom stereocenters. The smallest absolute Gasteiger partial charge is 0.387 e. The Labute approximate surface area is 193 Å². The second-order valence-corrected chi connectivity index (χ2v) is 9.47. The van der Waals surface area contributed by atoms with Crippen molar-refractivity contribution in [3.8, 4) is 0 Å². The largest absolute Gasteiger partial charge is 0.416 e. The summed E-state index contributed by atoms with van der Waals surface area (Å²) in [6, 6.07) is 4.87. The molecule has 2 N–H and O–H groups in total. The van der Waals surface area contributed by atoms with E-state index in [0.29, 0.717) is 25.9 Å². The summed E-state index contributed by atoms with van der Waals surface area (Å²) in [4.78, 5) is 25.8. The average Bonchev–Trinajstić information content (AvgIpc) is 3.10. The number of benzene rings is 1. The Morgan fingerprint density at radius 2 is 1.94 bits per heavy atom. The zero-order valence-corrected chi connectivity index (χ0v) is 19.1. The first-order valence-corrected chi connectivity index (χ1v) is 11.6. The second-order valence-electron chi connectivity index (χ2n) is 8.27. The SMILES string of the molecule is Cc1sc2ncnc(N3CCC(C(=O)NCC(O)c4ccccc4C(F)(F)F)CC3)c2c1C. The van der Waals surface area contributed by atoms with Gasteiger partial charge in [-0.3, -0.25) is 4.79 Å². The average molecular weight is 479 g/mol. The predicted molar refractivity (Wildman–Crippen MR) is 121 cm³/mol. The van der Waals surface area contributed by atoms with Gasteiger partial charge in [-0.2, -0.15) is 13.2 Å². The van der Waals surface area contributed by atoms with Gasteiger partial charge in [-0.15, -0.1) is 11.3 Å². The third-order valence-corrected chi connectivity index (χ3v) is 7.32. The number of alkyl halides is 3. The zero-order chi connectivity index (χ0) is 23.8. The summed E-state index contributed by atoms with van der Waals surface area (Å²) in [6.07, 6.45) is -3.26. The molecule has 3 heterocycles. The number of aromatic nitrogens is 2. The summed E-state index contributed by atoms with van der Waals surface area (Å²) in [5.41, 5.74) is 0.0306. The highest BCUT2D eigenvalue weighted by Crippen LogP contribution is 2.36. The van der Waals surface area contributed by atoms with E-state index in [-0.39, 0.29) is 23.9 Å². The van der Waals surface area contributed by atoms with Crippen LogP contribution in [-0.4, -0.2) is 40.6 Å². The maximum Gasteiger partial charge on any atom is 0.416 e. The number of carbonyl (C=O) groups excluding carboxylic acids is 1. The van der Waals surface area contributed by atoms with Crippen molar-refractivity contribution in [3.05, 3.63) is 52.2 Å². The highest BCUT2D eigenvalue weighted by molar-refractivity contribution is 7.18. The number of nitrogens with one attached hydrogen (secondary N) is 1. The van der Waals surface area contributed by atoms with Crippen LogP contribution in [0.15, 0.2) is 30.6 Å². The van der Waals surface area contributed by atoms with Crippen LogP contribution < -0.4 is 10.2 Å². The van der Waals surface area contributed by atoms with Crippen molar-refractivity contribution in [2.75, 3.05) is 24.5 Å². The molecule has 4 rings (SSSR count). The van der Waals surface area contributed by atoms with E-state index in [1.165, 1.54) is 28.6 Å². The maximum atomic E-state index is 13.2. The molecule has 10 heteroatoms. The zero-order valence-electron chi connectivity index (χ0n) is 18.3. The number of aryl methyl sites for hydroxylation is 2. The fourth-order valence-electron chi connectivity index (χ4n) is 4.25. The van der Waals surface area contributed by atoms with Crippen molar-refractivity contribution >= 4 is 33.3 Å². The van der Waals surface area contributed by atoms with Crippen molar-refractivity contribution in [1.29, 1.82) is 0 Å². The molecule has 1 fully saturated rings. The van der Waals surface area contributed by atoms with E-state index in [0.717, 1.165) is 22.1 Å². The highest BCUT2D eigenvalue weighted by Gasteiger charge is 2.35. The lowest BCUT2D eigenvalue weighted by Crippen LogP contribution is -2.42. The Kier molecular flexibility index (Phi) is 6.58. The summed E-state index contributed by atoms with van der Waals surface area (Å²) in [6.45, 7) is 5.12. The van der Waals surface area contributed by atoms with Crippen LogP contribution in [-0.2, 0) is 11.0 Å². The number of amides is 1. The van der Waals surface area contributed by atoms with Gasteiger partial charge in [-0.1, -0.05) is 18.2 Å². The number of fused-ring (bicyclic) bond motifs is 1. The summed E-state index contributed by atoms with van der Waals surface area (Å²) in [5.74, 6) is 0.349. The van der Waals surface area contributed by atoms with Gasteiger partial charge in [0.1, 0.15) is 17.0 Å². The van der Waals surface area contributed by atoms with E-state index in [1.807, 2.05) is 0 Å². The van der Waals surface area contributed by atoms with Gasteiger partial charge in [0.05, 0.1) is 17.1 Å². The number of carbonyl (C=O) groups is 1. The number of nitrogens with zero attached hydrogens (tertiary/aromatic N) is 3. The quantitative estimate of drug-likeness (QED) is 0.569. The van der Waals surface area contributed by atoms with Crippen LogP contribution in [0.1, 0.15) is 40.5 Å². The van der Waals surface area contributed by atoms with Crippen LogP contribution in [0.2, 0.25) is 0 Å². The van der Waals surface area contributed by atoms with Crippen LogP contribution in [0.5, 0.6) is 0 Å². The van der Waals surface area contributed by atoms with Crippen molar-refractivity contribution < 1.29 is 23.1 Å². The standard InChI is InChI=1S/C23H25F3N4O2S/c1-13-14(2)33-22-19(13)20(28-12-29-22)30-9-7-15(8-10-30)21(32)27-11-18(31)16-5-3-4-6-17(16)23(24,25)26/h3-6,12,15,18,31H,7-11H2,1-2H3,(H,27,32). The van der Waals surface area contributed by atoms with Crippen molar-refractivity contribution in [3.63, 3.8) is 0 Å². The minimum Gasteiger partial charge on any atom is -0.387 e. The van der Waals surface area contributed by atoms with E-state index in [4.69, 9.17) is 0 Å². The molecule has 1 amide bonds. The number of halogens is 3. The van der Waals surface area contributed by atoms with Crippen LogP contribution in [0.4, 0.5) is 19.0 Å². The topological polar surface area (TPSA) is 78.4 Å². The van der Waals surface area contributed by atoms with Gasteiger partial charge in [0.15, 0.2) is 0 Å². The molecular weight excluding hydrogens is 453 g/mol. The third kappa shape index (κ3) is 4.81. The molecule has 1 atom stereocenters. The van der Waals surface area contributed by atoms with E-state index in [1.54, 1.807) is 17.7 Å². The Morgan fingerprint density at radius 3 is 2.64 bits per heavy atom. The van der Waals surface area contributed by atoms with Crippen LogP contribution >= 0.6 is 11.3 Å². The molecule has 1 aliphatic heterocycles. The van der Waals surface area contributed by atoms with Crippen LogP contribution in [0.25, 0.3) is 10.2 Å². The maximum absolute atomic E-state index is 13.2. The number of aliphatic hydroxyl groups is 1. The number of thiophene rings is 1.